The molecule has 0 saturated heterocycles. The van der Waals surface area contributed by atoms with E-state index in [1.807, 2.05) is 24.3 Å². The highest BCUT2D eigenvalue weighted by Gasteiger charge is 2.17. The number of aromatic amines is 1. The molecular weight excluding hydrogens is 455 g/mol. The summed E-state index contributed by atoms with van der Waals surface area (Å²) in [7, 11) is 2.10. The number of benzene rings is 2. The van der Waals surface area contributed by atoms with Crippen LogP contribution in [0, 0.1) is 5.82 Å². The molecule has 3 aromatic rings. The summed E-state index contributed by atoms with van der Waals surface area (Å²) in [6.45, 7) is 3.62. The minimum atomic E-state index is -0.378. The van der Waals surface area contributed by atoms with Crippen LogP contribution >= 0.6 is 0 Å². The van der Waals surface area contributed by atoms with Gasteiger partial charge in [0.1, 0.15) is 11.4 Å². The molecule has 0 spiro atoms. The van der Waals surface area contributed by atoms with E-state index in [0.29, 0.717) is 13.1 Å². The van der Waals surface area contributed by atoms with Crippen molar-refractivity contribution in [2.75, 3.05) is 31.6 Å². The number of hydrogen-bond donors (Lipinski definition) is 2. The SMILES string of the molecule is CN1CCCc2cc(CNC(=O)c3ccc(CN4CC=C(c5ccc(F)cc5)CC4)[nH]c3=O)ccc21. The lowest BCUT2D eigenvalue weighted by atomic mass is 9.99. The van der Waals surface area contributed by atoms with Gasteiger partial charge in [-0.2, -0.15) is 0 Å². The van der Waals surface area contributed by atoms with E-state index >= 15 is 0 Å². The van der Waals surface area contributed by atoms with E-state index in [1.165, 1.54) is 29.0 Å². The number of anilines is 1. The summed E-state index contributed by atoms with van der Waals surface area (Å²) in [6.07, 6.45) is 5.18. The van der Waals surface area contributed by atoms with Crippen LogP contribution in [0.4, 0.5) is 10.1 Å². The first-order valence-electron chi connectivity index (χ1n) is 12.5. The first-order valence-corrected chi connectivity index (χ1v) is 12.5. The third-order valence-electron chi connectivity index (χ3n) is 7.06. The Morgan fingerprint density at radius 1 is 1.06 bits per heavy atom. The van der Waals surface area contributed by atoms with Gasteiger partial charge >= 0.3 is 0 Å². The van der Waals surface area contributed by atoms with Gasteiger partial charge in [-0.15, -0.1) is 0 Å². The largest absolute Gasteiger partial charge is 0.374 e. The van der Waals surface area contributed by atoms with Gasteiger partial charge in [0.15, 0.2) is 0 Å². The number of rotatable bonds is 6. The summed E-state index contributed by atoms with van der Waals surface area (Å²) < 4.78 is 13.2. The van der Waals surface area contributed by atoms with Crippen molar-refractivity contribution in [3.63, 3.8) is 0 Å². The predicted molar refractivity (Wildman–Crippen MR) is 141 cm³/mol. The van der Waals surface area contributed by atoms with Crippen molar-refractivity contribution >= 4 is 17.2 Å². The summed E-state index contributed by atoms with van der Waals surface area (Å²) in [5, 5.41) is 2.88. The first-order chi connectivity index (χ1) is 17.5. The van der Waals surface area contributed by atoms with Gasteiger partial charge in [-0.05, 0) is 71.9 Å². The molecule has 2 aromatic carbocycles. The second-order valence-electron chi connectivity index (χ2n) is 9.62. The molecule has 1 amide bonds. The fraction of sp³-hybridized carbons (Fsp3) is 0.310. The molecule has 0 radical (unpaired) electrons. The number of aryl methyl sites for hydroxylation is 1. The lowest BCUT2D eigenvalue weighted by Gasteiger charge is -2.27. The quantitative estimate of drug-likeness (QED) is 0.550. The molecule has 1 aromatic heterocycles. The number of hydrogen-bond acceptors (Lipinski definition) is 4. The zero-order valence-corrected chi connectivity index (χ0v) is 20.5. The van der Waals surface area contributed by atoms with Crippen LogP contribution in [0.3, 0.4) is 0 Å². The maximum absolute atomic E-state index is 13.2. The average molecular weight is 487 g/mol. The van der Waals surface area contributed by atoms with Crippen molar-refractivity contribution in [2.45, 2.75) is 32.4 Å². The van der Waals surface area contributed by atoms with E-state index in [-0.39, 0.29) is 22.8 Å². The second kappa shape index (κ2) is 10.5. The molecule has 2 N–H and O–H groups in total. The van der Waals surface area contributed by atoms with Gasteiger partial charge in [-0.3, -0.25) is 14.5 Å². The standard InChI is InChI=1S/C29H31FN4O2/c1-33-14-2-3-23-17-20(4-11-27(23)33)18-31-28(35)26-10-9-25(32-29(26)36)19-34-15-12-22(13-16-34)21-5-7-24(30)8-6-21/h4-12,17H,2-3,13-16,18-19H2,1H3,(H,31,35)(H,32,36). The minimum absolute atomic E-state index is 0.119. The summed E-state index contributed by atoms with van der Waals surface area (Å²) in [5.41, 5.74) is 6.34. The van der Waals surface area contributed by atoms with E-state index in [9.17, 15) is 14.0 Å². The first kappa shape index (κ1) is 24.0. The molecule has 2 aliphatic heterocycles. The number of aromatic nitrogens is 1. The summed E-state index contributed by atoms with van der Waals surface area (Å²) >= 11 is 0. The van der Waals surface area contributed by atoms with Crippen LogP contribution in [0.15, 0.2) is 65.5 Å². The minimum Gasteiger partial charge on any atom is -0.374 e. The van der Waals surface area contributed by atoms with Crippen molar-refractivity contribution in [3.8, 4) is 0 Å². The Morgan fingerprint density at radius 2 is 1.89 bits per heavy atom. The van der Waals surface area contributed by atoms with Crippen LogP contribution in [0.2, 0.25) is 0 Å². The molecule has 36 heavy (non-hydrogen) atoms. The van der Waals surface area contributed by atoms with Crippen LogP contribution in [-0.2, 0) is 19.5 Å². The molecule has 7 heteroatoms. The lowest BCUT2D eigenvalue weighted by molar-refractivity contribution is 0.0949. The Bertz CT molecular complexity index is 1350. The van der Waals surface area contributed by atoms with E-state index in [0.717, 1.165) is 55.7 Å². The fourth-order valence-corrected chi connectivity index (χ4v) is 5.03. The summed E-state index contributed by atoms with van der Waals surface area (Å²) in [6, 6.07) is 16.3. The van der Waals surface area contributed by atoms with E-state index in [1.54, 1.807) is 6.07 Å². The number of H-pyrrole nitrogens is 1. The van der Waals surface area contributed by atoms with Gasteiger partial charge in [0.05, 0.1) is 0 Å². The van der Waals surface area contributed by atoms with Crippen LogP contribution in [0.5, 0.6) is 0 Å². The Kier molecular flexibility index (Phi) is 7.00. The molecule has 0 fully saturated rings. The normalized spacial score (nSPS) is 15.8. The Balaban J connectivity index is 1.17. The van der Waals surface area contributed by atoms with Gasteiger partial charge < -0.3 is 15.2 Å². The average Bonchev–Trinajstić information content (AvgIpc) is 2.88. The van der Waals surface area contributed by atoms with Gasteiger partial charge in [0, 0.05) is 51.2 Å². The Hall–Kier alpha value is -3.71. The molecule has 0 unspecified atom stereocenters. The van der Waals surface area contributed by atoms with Crippen molar-refractivity contribution in [2.24, 2.45) is 0 Å². The number of pyridine rings is 1. The molecule has 0 saturated carbocycles. The summed E-state index contributed by atoms with van der Waals surface area (Å²) in [4.78, 5) is 32.7. The van der Waals surface area contributed by atoms with E-state index in [2.05, 4.69) is 45.4 Å². The van der Waals surface area contributed by atoms with Crippen LogP contribution < -0.4 is 15.8 Å². The second-order valence-corrected chi connectivity index (χ2v) is 9.62. The maximum Gasteiger partial charge on any atom is 0.261 e. The highest BCUT2D eigenvalue weighted by atomic mass is 19.1. The van der Waals surface area contributed by atoms with Crippen LogP contribution in [0.25, 0.3) is 5.57 Å². The molecule has 6 nitrogen and oxygen atoms in total. The van der Waals surface area contributed by atoms with E-state index < -0.39 is 0 Å². The van der Waals surface area contributed by atoms with Crippen molar-refractivity contribution in [3.05, 3.63) is 105 Å². The topological polar surface area (TPSA) is 68.4 Å². The molecular formula is C29H31FN4O2. The highest BCUT2D eigenvalue weighted by Crippen LogP contribution is 2.27. The lowest BCUT2D eigenvalue weighted by Crippen LogP contribution is -2.32. The summed E-state index contributed by atoms with van der Waals surface area (Å²) in [5.74, 6) is -0.605. The van der Waals surface area contributed by atoms with Crippen molar-refractivity contribution in [1.82, 2.24) is 15.2 Å². The number of amides is 1. The molecule has 2 aliphatic rings. The van der Waals surface area contributed by atoms with Gasteiger partial charge in [-0.25, -0.2) is 4.39 Å². The molecule has 3 heterocycles. The number of nitrogens with one attached hydrogen (secondary N) is 2. The zero-order valence-electron chi connectivity index (χ0n) is 20.5. The van der Waals surface area contributed by atoms with Gasteiger partial charge in [-0.1, -0.05) is 30.3 Å². The molecule has 5 rings (SSSR count). The Labute approximate surface area is 210 Å². The highest BCUT2D eigenvalue weighted by molar-refractivity contribution is 5.93. The van der Waals surface area contributed by atoms with Crippen LogP contribution in [0.1, 0.15) is 45.6 Å². The van der Waals surface area contributed by atoms with Gasteiger partial charge in [0.2, 0.25) is 0 Å². The molecule has 186 valence electrons. The molecule has 0 atom stereocenters. The zero-order chi connectivity index (χ0) is 25.1. The number of fused-ring (bicyclic) bond motifs is 1. The monoisotopic (exact) mass is 486 g/mol. The smallest absolute Gasteiger partial charge is 0.261 e. The number of nitrogens with zero attached hydrogens (tertiary/aromatic N) is 2. The van der Waals surface area contributed by atoms with E-state index in [4.69, 9.17) is 0 Å². The molecule has 0 bridgehead atoms. The number of halogens is 1. The number of carbonyl (C=O) groups excluding carboxylic acids is 1. The third-order valence-corrected chi connectivity index (χ3v) is 7.06. The fourth-order valence-electron chi connectivity index (χ4n) is 5.03. The van der Waals surface area contributed by atoms with Crippen molar-refractivity contribution < 1.29 is 9.18 Å². The Morgan fingerprint density at radius 3 is 2.64 bits per heavy atom. The number of carbonyl (C=O) groups is 1. The van der Waals surface area contributed by atoms with Gasteiger partial charge in [0.25, 0.3) is 11.5 Å². The maximum atomic E-state index is 13.2. The molecule has 0 aliphatic carbocycles. The van der Waals surface area contributed by atoms with Crippen molar-refractivity contribution in [1.29, 1.82) is 0 Å². The van der Waals surface area contributed by atoms with Crippen LogP contribution in [-0.4, -0.2) is 42.5 Å². The predicted octanol–water partition coefficient (Wildman–Crippen LogP) is 4.12. The third kappa shape index (κ3) is 5.41.